The fourth-order valence-corrected chi connectivity index (χ4v) is 1.74. The molecule has 1 aromatic rings. The first kappa shape index (κ1) is 13.7. The molecule has 0 radical (unpaired) electrons. The molecule has 17 heavy (non-hydrogen) atoms. The summed E-state index contributed by atoms with van der Waals surface area (Å²) in [5.41, 5.74) is 1.04. The van der Waals surface area contributed by atoms with Crippen molar-refractivity contribution < 1.29 is 9.53 Å². The number of nitrogens with zero attached hydrogens (tertiary/aromatic N) is 1. The molecule has 0 aliphatic heterocycles. The fraction of sp³-hybridized carbons (Fsp3) is 0.500. The van der Waals surface area contributed by atoms with Gasteiger partial charge in [0.2, 0.25) is 0 Å². The number of benzene rings is 1. The molecule has 0 aromatic heterocycles. The summed E-state index contributed by atoms with van der Waals surface area (Å²) in [5.74, 6) is -0.279. The van der Waals surface area contributed by atoms with Gasteiger partial charge in [-0.1, -0.05) is 30.3 Å². The monoisotopic (exact) mass is 235 g/mol. The number of carbonyl (C=O) groups excluding carboxylic acids is 1. The molecule has 0 spiro atoms. The Balaban J connectivity index is 2.75. The Morgan fingerprint density at radius 2 is 1.94 bits per heavy atom. The van der Waals surface area contributed by atoms with Gasteiger partial charge in [0.25, 0.3) is 0 Å². The number of esters is 1. The van der Waals surface area contributed by atoms with Crippen molar-refractivity contribution in [1.29, 1.82) is 0 Å². The highest BCUT2D eigenvalue weighted by Crippen LogP contribution is 2.21. The number of ether oxygens (including phenoxy) is 1. The Morgan fingerprint density at radius 3 is 2.47 bits per heavy atom. The van der Waals surface area contributed by atoms with Gasteiger partial charge in [-0.25, -0.2) is 0 Å². The van der Waals surface area contributed by atoms with Crippen molar-refractivity contribution in [2.24, 2.45) is 0 Å². The topological polar surface area (TPSA) is 29.5 Å². The van der Waals surface area contributed by atoms with E-state index in [9.17, 15) is 4.79 Å². The van der Waals surface area contributed by atoms with Crippen LogP contribution in [0, 0.1) is 0 Å². The van der Waals surface area contributed by atoms with Crippen LogP contribution < -0.4 is 0 Å². The molecule has 0 bridgehead atoms. The molecule has 0 heterocycles. The van der Waals surface area contributed by atoms with Crippen LogP contribution in [0.2, 0.25) is 0 Å². The summed E-state index contributed by atoms with van der Waals surface area (Å²) >= 11 is 0. The first-order valence-electron chi connectivity index (χ1n) is 6.01. The van der Waals surface area contributed by atoms with E-state index in [1.807, 2.05) is 51.4 Å². The Hall–Kier alpha value is -1.35. The molecule has 0 N–H and O–H groups in total. The van der Waals surface area contributed by atoms with Gasteiger partial charge in [-0.2, -0.15) is 0 Å². The highest BCUT2D eigenvalue weighted by Gasteiger charge is 2.21. The third-order valence-electron chi connectivity index (χ3n) is 2.64. The van der Waals surface area contributed by atoms with Gasteiger partial charge in [0.05, 0.1) is 12.5 Å². The molecular formula is C14H21NO2. The molecule has 1 atom stereocenters. The summed E-state index contributed by atoms with van der Waals surface area (Å²) in [4.78, 5) is 14.0. The van der Waals surface area contributed by atoms with Crippen LogP contribution in [0.4, 0.5) is 0 Å². The number of hydrogen-bond donors (Lipinski definition) is 0. The van der Waals surface area contributed by atoms with Gasteiger partial charge in [0.1, 0.15) is 0 Å². The summed E-state index contributed by atoms with van der Waals surface area (Å²) in [7, 11) is 4.01. The second-order valence-corrected chi connectivity index (χ2v) is 4.31. The Morgan fingerprint density at radius 1 is 1.29 bits per heavy atom. The maximum absolute atomic E-state index is 11.9. The van der Waals surface area contributed by atoms with E-state index in [-0.39, 0.29) is 11.9 Å². The minimum atomic E-state index is -0.154. The molecule has 0 saturated carbocycles. The van der Waals surface area contributed by atoms with E-state index in [2.05, 4.69) is 4.90 Å². The van der Waals surface area contributed by atoms with E-state index in [0.29, 0.717) is 6.61 Å². The van der Waals surface area contributed by atoms with Crippen LogP contribution in [0.1, 0.15) is 24.8 Å². The van der Waals surface area contributed by atoms with Crippen LogP contribution in [0.5, 0.6) is 0 Å². The molecular weight excluding hydrogens is 214 g/mol. The third kappa shape index (κ3) is 4.57. The summed E-state index contributed by atoms with van der Waals surface area (Å²) in [5, 5.41) is 0. The highest BCUT2D eigenvalue weighted by atomic mass is 16.5. The van der Waals surface area contributed by atoms with Crippen LogP contribution in [0.15, 0.2) is 30.3 Å². The van der Waals surface area contributed by atoms with E-state index in [1.54, 1.807) is 0 Å². The summed E-state index contributed by atoms with van der Waals surface area (Å²) in [6, 6.07) is 9.83. The third-order valence-corrected chi connectivity index (χ3v) is 2.64. The lowest BCUT2D eigenvalue weighted by Gasteiger charge is -2.18. The van der Waals surface area contributed by atoms with Gasteiger partial charge < -0.3 is 9.64 Å². The standard InChI is InChI=1S/C14H21NO2/c1-4-17-14(16)13(10-11-15(2)3)12-8-6-5-7-9-12/h5-9,13H,4,10-11H2,1-3H3/t13-/m1/s1. The molecule has 0 aliphatic rings. The average Bonchev–Trinajstić information content (AvgIpc) is 2.30. The quantitative estimate of drug-likeness (QED) is 0.708. The predicted octanol–water partition coefficient (Wildman–Crippen LogP) is 2.29. The highest BCUT2D eigenvalue weighted by molar-refractivity contribution is 5.78. The van der Waals surface area contributed by atoms with Crippen LogP contribution in [-0.4, -0.2) is 38.1 Å². The lowest BCUT2D eigenvalue weighted by molar-refractivity contribution is -0.145. The first-order valence-corrected chi connectivity index (χ1v) is 6.01. The minimum Gasteiger partial charge on any atom is -0.466 e. The summed E-state index contributed by atoms with van der Waals surface area (Å²) in [6.45, 7) is 3.15. The summed E-state index contributed by atoms with van der Waals surface area (Å²) in [6.07, 6.45) is 0.788. The smallest absolute Gasteiger partial charge is 0.313 e. The number of rotatable bonds is 6. The molecule has 3 nitrogen and oxygen atoms in total. The Bertz CT molecular complexity index is 335. The van der Waals surface area contributed by atoms with Crippen molar-refractivity contribution in [1.82, 2.24) is 4.90 Å². The Kier molecular flexibility index (Phi) is 5.70. The molecule has 0 aliphatic carbocycles. The largest absolute Gasteiger partial charge is 0.466 e. The van der Waals surface area contributed by atoms with E-state index in [1.165, 1.54) is 0 Å². The van der Waals surface area contributed by atoms with Crippen molar-refractivity contribution in [3.8, 4) is 0 Å². The second kappa shape index (κ2) is 7.07. The maximum Gasteiger partial charge on any atom is 0.313 e. The van der Waals surface area contributed by atoms with Crippen LogP contribution in [-0.2, 0) is 9.53 Å². The van der Waals surface area contributed by atoms with Crippen molar-refractivity contribution in [3.63, 3.8) is 0 Å². The predicted molar refractivity (Wildman–Crippen MR) is 69.0 cm³/mol. The molecule has 1 rings (SSSR count). The SMILES string of the molecule is CCOC(=O)[C@H](CCN(C)C)c1ccccc1. The van der Waals surface area contributed by atoms with Crippen molar-refractivity contribution in [3.05, 3.63) is 35.9 Å². The van der Waals surface area contributed by atoms with E-state index < -0.39 is 0 Å². The first-order chi connectivity index (χ1) is 8.15. The normalized spacial score (nSPS) is 12.5. The van der Waals surface area contributed by atoms with Gasteiger partial charge in [-0.15, -0.1) is 0 Å². The van der Waals surface area contributed by atoms with Gasteiger partial charge in [-0.3, -0.25) is 4.79 Å². The molecule has 0 unspecified atom stereocenters. The lowest BCUT2D eigenvalue weighted by Crippen LogP contribution is -2.22. The molecule has 1 aromatic carbocycles. The number of carbonyl (C=O) groups is 1. The molecule has 3 heteroatoms. The zero-order valence-corrected chi connectivity index (χ0v) is 10.8. The molecule has 94 valence electrons. The Labute approximate surface area is 103 Å². The van der Waals surface area contributed by atoms with Gasteiger partial charge in [-0.05, 0) is 39.5 Å². The molecule has 0 fully saturated rings. The molecule has 0 amide bonds. The van der Waals surface area contributed by atoms with Crippen molar-refractivity contribution in [2.75, 3.05) is 27.2 Å². The van der Waals surface area contributed by atoms with Crippen LogP contribution in [0.3, 0.4) is 0 Å². The van der Waals surface area contributed by atoms with Crippen molar-refractivity contribution >= 4 is 5.97 Å². The average molecular weight is 235 g/mol. The number of hydrogen-bond acceptors (Lipinski definition) is 3. The van der Waals surface area contributed by atoms with E-state index in [0.717, 1.165) is 18.5 Å². The van der Waals surface area contributed by atoms with Gasteiger partial charge in [0, 0.05) is 0 Å². The van der Waals surface area contributed by atoms with E-state index >= 15 is 0 Å². The van der Waals surface area contributed by atoms with E-state index in [4.69, 9.17) is 4.74 Å². The second-order valence-electron chi connectivity index (χ2n) is 4.31. The maximum atomic E-state index is 11.9. The lowest BCUT2D eigenvalue weighted by atomic mass is 9.96. The molecule has 0 saturated heterocycles. The minimum absolute atomic E-state index is 0.124. The van der Waals surface area contributed by atoms with Gasteiger partial charge >= 0.3 is 5.97 Å². The van der Waals surface area contributed by atoms with Crippen LogP contribution in [0.25, 0.3) is 0 Å². The van der Waals surface area contributed by atoms with Crippen LogP contribution >= 0.6 is 0 Å². The fourth-order valence-electron chi connectivity index (χ4n) is 1.74. The van der Waals surface area contributed by atoms with Crippen molar-refractivity contribution in [2.45, 2.75) is 19.3 Å². The zero-order valence-electron chi connectivity index (χ0n) is 10.8. The zero-order chi connectivity index (χ0) is 12.7. The van der Waals surface area contributed by atoms with Gasteiger partial charge in [0.15, 0.2) is 0 Å². The summed E-state index contributed by atoms with van der Waals surface area (Å²) < 4.78 is 5.13.